The third-order valence-electron chi connectivity index (χ3n) is 1.20. The van der Waals surface area contributed by atoms with Crippen molar-refractivity contribution in [1.82, 2.24) is 5.32 Å². The van der Waals surface area contributed by atoms with E-state index < -0.39 is 16.1 Å². The average molecular weight is 151 g/mol. The van der Waals surface area contributed by atoms with Crippen LogP contribution in [0.2, 0.25) is 0 Å². The number of sulfone groups is 1. The van der Waals surface area contributed by atoms with Gasteiger partial charge in [-0.15, -0.1) is 0 Å². The second-order valence-electron chi connectivity index (χ2n) is 2.08. The summed E-state index contributed by atoms with van der Waals surface area (Å²) in [6, 6.07) is 0. The first kappa shape index (κ1) is 6.98. The monoisotopic (exact) mass is 151 g/mol. The quantitative estimate of drug-likeness (QED) is 0.434. The third-order valence-corrected chi connectivity index (χ3v) is 2.85. The van der Waals surface area contributed by atoms with Crippen molar-refractivity contribution in [2.45, 2.75) is 6.23 Å². The molecule has 1 fully saturated rings. The zero-order chi connectivity index (χ0) is 6.91. The van der Waals surface area contributed by atoms with E-state index in [2.05, 4.69) is 5.32 Å². The standard InChI is InChI=1S/C4H9NO3S/c6-4-3-9(7,8)2-1-5-4/h4-6H,1-3H2. The zero-order valence-corrected chi connectivity index (χ0v) is 5.69. The molecule has 9 heavy (non-hydrogen) atoms. The number of aliphatic hydroxyl groups excluding tert-OH is 1. The van der Waals surface area contributed by atoms with E-state index >= 15 is 0 Å². The largest absolute Gasteiger partial charge is 0.378 e. The van der Waals surface area contributed by atoms with Gasteiger partial charge in [0.05, 0.1) is 11.5 Å². The highest BCUT2D eigenvalue weighted by Crippen LogP contribution is 1.97. The maximum atomic E-state index is 10.7. The molecule has 0 aromatic rings. The minimum Gasteiger partial charge on any atom is -0.378 e. The van der Waals surface area contributed by atoms with Crippen molar-refractivity contribution in [3.63, 3.8) is 0 Å². The van der Waals surface area contributed by atoms with Gasteiger partial charge in [0, 0.05) is 6.54 Å². The molecule has 0 saturated carbocycles. The maximum absolute atomic E-state index is 10.7. The van der Waals surface area contributed by atoms with Crippen LogP contribution in [-0.2, 0) is 9.84 Å². The topological polar surface area (TPSA) is 66.4 Å². The van der Waals surface area contributed by atoms with E-state index in [4.69, 9.17) is 5.11 Å². The first-order chi connectivity index (χ1) is 4.10. The van der Waals surface area contributed by atoms with Crippen LogP contribution in [0.1, 0.15) is 0 Å². The van der Waals surface area contributed by atoms with Crippen LogP contribution in [0.4, 0.5) is 0 Å². The molecule has 0 aromatic carbocycles. The average Bonchev–Trinajstić information content (AvgIpc) is 1.60. The highest BCUT2D eigenvalue weighted by molar-refractivity contribution is 7.91. The summed E-state index contributed by atoms with van der Waals surface area (Å²) in [5, 5.41) is 11.4. The molecule has 1 rings (SSSR count). The summed E-state index contributed by atoms with van der Waals surface area (Å²) in [5.41, 5.74) is 0. The van der Waals surface area contributed by atoms with Crippen LogP contribution in [0.15, 0.2) is 0 Å². The Morgan fingerprint density at radius 1 is 1.56 bits per heavy atom. The fraction of sp³-hybridized carbons (Fsp3) is 1.00. The first-order valence-electron chi connectivity index (χ1n) is 2.72. The van der Waals surface area contributed by atoms with Gasteiger partial charge < -0.3 is 5.11 Å². The summed E-state index contributed by atoms with van der Waals surface area (Å²) in [7, 11) is -2.94. The van der Waals surface area contributed by atoms with Gasteiger partial charge in [-0.1, -0.05) is 0 Å². The van der Waals surface area contributed by atoms with E-state index in [1.807, 2.05) is 0 Å². The number of rotatable bonds is 0. The lowest BCUT2D eigenvalue weighted by molar-refractivity contribution is 0.157. The van der Waals surface area contributed by atoms with Crippen molar-refractivity contribution < 1.29 is 13.5 Å². The minimum atomic E-state index is -2.94. The maximum Gasteiger partial charge on any atom is 0.155 e. The smallest absolute Gasteiger partial charge is 0.155 e. The molecular formula is C4H9NO3S. The van der Waals surface area contributed by atoms with Gasteiger partial charge >= 0.3 is 0 Å². The second kappa shape index (κ2) is 2.24. The summed E-state index contributed by atoms with van der Waals surface area (Å²) in [4.78, 5) is 0. The van der Waals surface area contributed by atoms with Gasteiger partial charge in [-0.3, -0.25) is 5.32 Å². The van der Waals surface area contributed by atoms with Gasteiger partial charge in [0.25, 0.3) is 0 Å². The predicted molar refractivity (Wildman–Crippen MR) is 32.7 cm³/mol. The molecule has 1 unspecified atom stereocenters. The molecule has 2 N–H and O–H groups in total. The molecule has 1 aliphatic heterocycles. The van der Waals surface area contributed by atoms with Crippen LogP contribution in [0, 0.1) is 0 Å². The third kappa shape index (κ3) is 1.92. The molecule has 0 amide bonds. The number of nitrogens with one attached hydrogen (secondary N) is 1. The molecule has 5 heteroatoms. The van der Waals surface area contributed by atoms with Crippen LogP contribution in [-0.4, -0.2) is 37.8 Å². The molecule has 0 spiro atoms. The highest BCUT2D eigenvalue weighted by Gasteiger charge is 2.21. The van der Waals surface area contributed by atoms with Gasteiger partial charge in [-0.05, 0) is 0 Å². The van der Waals surface area contributed by atoms with E-state index in [0.717, 1.165) is 0 Å². The Morgan fingerprint density at radius 2 is 2.22 bits per heavy atom. The predicted octanol–water partition coefficient (Wildman–Crippen LogP) is -1.68. The van der Waals surface area contributed by atoms with Gasteiger partial charge in [-0.2, -0.15) is 0 Å². The lowest BCUT2D eigenvalue weighted by Crippen LogP contribution is -2.44. The Kier molecular flexibility index (Phi) is 1.74. The van der Waals surface area contributed by atoms with E-state index in [-0.39, 0.29) is 11.5 Å². The van der Waals surface area contributed by atoms with Gasteiger partial charge in [0.1, 0.15) is 6.23 Å². The highest BCUT2D eigenvalue weighted by atomic mass is 32.2. The molecule has 0 aliphatic carbocycles. The summed E-state index contributed by atoms with van der Waals surface area (Å²) >= 11 is 0. The lowest BCUT2D eigenvalue weighted by Gasteiger charge is -2.17. The van der Waals surface area contributed by atoms with E-state index in [9.17, 15) is 8.42 Å². The van der Waals surface area contributed by atoms with Crippen molar-refractivity contribution in [3.8, 4) is 0 Å². The number of hydrogen-bond acceptors (Lipinski definition) is 4. The molecule has 4 nitrogen and oxygen atoms in total. The Bertz CT molecular complexity index is 186. The van der Waals surface area contributed by atoms with Gasteiger partial charge in [-0.25, -0.2) is 8.42 Å². The molecule has 0 aromatic heterocycles. The normalized spacial score (nSPS) is 34.1. The minimum absolute atomic E-state index is 0.143. The van der Waals surface area contributed by atoms with Crippen molar-refractivity contribution in [2.24, 2.45) is 0 Å². The summed E-state index contributed by atoms with van der Waals surface area (Å²) in [5.74, 6) is -0.00292. The fourth-order valence-corrected chi connectivity index (χ4v) is 1.96. The van der Waals surface area contributed by atoms with Gasteiger partial charge in [0.2, 0.25) is 0 Å². The number of hydrogen-bond donors (Lipinski definition) is 2. The van der Waals surface area contributed by atoms with Crippen molar-refractivity contribution in [1.29, 1.82) is 0 Å². The van der Waals surface area contributed by atoms with E-state index in [0.29, 0.717) is 6.54 Å². The van der Waals surface area contributed by atoms with E-state index in [1.165, 1.54) is 0 Å². The van der Waals surface area contributed by atoms with Crippen LogP contribution in [0.3, 0.4) is 0 Å². The van der Waals surface area contributed by atoms with Crippen LogP contribution >= 0.6 is 0 Å². The molecule has 0 bridgehead atoms. The zero-order valence-electron chi connectivity index (χ0n) is 4.87. The Hall–Kier alpha value is -0.130. The first-order valence-corrected chi connectivity index (χ1v) is 4.54. The van der Waals surface area contributed by atoms with Crippen LogP contribution in [0.5, 0.6) is 0 Å². The number of aliphatic hydroxyl groups is 1. The SMILES string of the molecule is O=S1(=O)CCNC(O)C1. The van der Waals surface area contributed by atoms with Gasteiger partial charge in [0.15, 0.2) is 9.84 Å². The molecule has 1 atom stereocenters. The Labute approximate surface area is 53.8 Å². The molecular weight excluding hydrogens is 142 g/mol. The van der Waals surface area contributed by atoms with Crippen molar-refractivity contribution in [2.75, 3.05) is 18.1 Å². The Balaban J connectivity index is 2.62. The van der Waals surface area contributed by atoms with Crippen molar-refractivity contribution >= 4 is 9.84 Å². The summed E-state index contributed by atoms with van der Waals surface area (Å²) in [6.45, 7) is 0.365. The van der Waals surface area contributed by atoms with Crippen LogP contribution < -0.4 is 5.32 Å². The Morgan fingerprint density at radius 3 is 2.56 bits per heavy atom. The second-order valence-corrected chi connectivity index (χ2v) is 4.31. The van der Waals surface area contributed by atoms with Crippen molar-refractivity contribution in [3.05, 3.63) is 0 Å². The molecule has 1 saturated heterocycles. The molecule has 54 valence electrons. The summed E-state index contributed by atoms with van der Waals surface area (Å²) in [6.07, 6.45) is -0.858. The van der Waals surface area contributed by atoms with E-state index in [1.54, 1.807) is 0 Å². The lowest BCUT2D eigenvalue weighted by atomic mass is 10.6. The molecule has 0 radical (unpaired) electrons. The fourth-order valence-electron chi connectivity index (χ4n) is 0.764. The molecule has 1 heterocycles. The summed E-state index contributed by atoms with van der Waals surface area (Å²) < 4.78 is 21.3. The van der Waals surface area contributed by atoms with Crippen LogP contribution in [0.25, 0.3) is 0 Å². The molecule has 1 aliphatic rings.